The number of piperazine rings is 1. The smallest absolute Gasteiger partial charge is 0.190 e. The van der Waals surface area contributed by atoms with Gasteiger partial charge >= 0.3 is 0 Å². The van der Waals surface area contributed by atoms with E-state index in [1.807, 2.05) is 7.05 Å². The Hall–Kier alpha value is -0.120. The van der Waals surface area contributed by atoms with Crippen LogP contribution in [0.5, 0.6) is 0 Å². The van der Waals surface area contributed by atoms with E-state index in [4.69, 9.17) is 4.74 Å². The molecule has 1 atom stereocenters. The lowest BCUT2D eigenvalue weighted by Crippen LogP contribution is -2.47. The number of nitrogens with one attached hydrogen (secondary N) is 2. The van der Waals surface area contributed by atoms with Crippen molar-refractivity contribution >= 4 is 29.9 Å². The van der Waals surface area contributed by atoms with E-state index in [9.17, 15) is 0 Å². The maximum atomic E-state index is 5.65. The quantitative estimate of drug-likeness (QED) is 0.221. The lowest BCUT2D eigenvalue weighted by atomic mass is 10.1. The minimum absolute atomic E-state index is 0. The first kappa shape index (κ1) is 22.9. The van der Waals surface area contributed by atoms with Gasteiger partial charge in [0.25, 0.3) is 0 Å². The molecular formula is C18H38IN5O. The van der Waals surface area contributed by atoms with E-state index in [0.717, 1.165) is 51.1 Å². The normalized spacial score (nSPS) is 20.8. The molecule has 1 heterocycles. The summed E-state index contributed by atoms with van der Waals surface area (Å²) in [4.78, 5) is 9.28. The highest BCUT2D eigenvalue weighted by atomic mass is 127. The van der Waals surface area contributed by atoms with Crippen LogP contribution in [0.3, 0.4) is 0 Å². The Labute approximate surface area is 171 Å². The van der Waals surface area contributed by atoms with Gasteiger partial charge in [0.05, 0.1) is 0 Å². The summed E-state index contributed by atoms with van der Waals surface area (Å²) in [7, 11) is 4.04. The minimum Gasteiger partial charge on any atom is -0.381 e. The van der Waals surface area contributed by atoms with Crippen LogP contribution in [-0.4, -0.2) is 88.9 Å². The molecule has 0 spiro atoms. The molecule has 148 valence electrons. The van der Waals surface area contributed by atoms with E-state index in [2.05, 4.69) is 39.4 Å². The summed E-state index contributed by atoms with van der Waals surface area (Å²) >= 11 is 0. The predicted molar refractivity (Wildman–Crippen MR) is 116 cm³/mol. The van der Waals surface area contributed by atoms with E-state index in [1.54, 1.807) is 0 Å². The Morgan fingerprint density at radius 1 is 1.20 bits per heavy atom. The second-order valence-corrected chi connectivity index (χ2v) is 7.46. The highest BCUT2D eigenvalue weighted by Gasteiger charge is 2.20. The van der Waals surface area contributed by atoms with Gasteiger partial charge in [-0.25, -0.2) is 0 Å². The van der Waals surface area contributed by atoms with Gasteiger partial charge in [-0.15, -0.1) is 24.0 Å². The average Bonchev–Trinajstić information content (AvgIpc) is 3.40. The molecule has 6 nitrogen and oxygen atoms in total. The summed E-state index contributed by atoms with van der Waals surface area (Å²) in [6.07, 6.45) is 3.76. The zero-order valence-electron chi connectivity index (χ0n) is 16.3. The number of rotatable bonds is 10. The van der Waals surface area contributed by atoms with E-state index in [-0.39, 0.29) is 24.0 Å². The lowest BCUT2D eigenvalue weighted by molar-refractivity contribution is 0.123. The first-order chi connectivity index (χ1) is 11.7. The molecule has 2 N–H and O–H groups in total. The van der Waals surface area contributed by atoms with Gasteiger partial charge in [-0.3, -0.25) is 4.99 Å². The Morgan fingerprint density at radius 3 is 2.56 bits per heavy atom. The van der Waals surface area contributed by atoms with Crippen LogP contribution in [0.1, 0.15) is 26.2 Å². The molecule has 0 radical (unpaired) electrons. The van der Waals surface area contributed by atoms with Crippen LogP contribution >= 0.6 is 24.0 Å². The summed E-state index contributed by atoms with van der Waals surface area (Å²) in [5.41, 5.74) is 0. The lowest BCUT2D eigenvalue weighted by Gasteiger charge is -2.34. The van der Waals surface area contributed by atoms with E-state index < -0.39 is 0 Å². The van der Waals surface area contributed by atoms with Crippen LogP contribution in [-0.2, 0) is 4.74 Å². The fraction of sp³-hybridized carbons (Fsp3) is 0.944. The Morgan fingerprint density at radius 2 is 1.92 bits per heavy atom. The number of hydrogen-bond acceptors (Lipinski definition) is 4. The van der Waals surface area contributed by atoms with Crippen molar-refractivity contribution in [2.75, 3.05) is 73.1 Å². The molecule has 0 aromatic heterocycles. The molecule has 1 aliphatic heterocycles. The molecule has 2 fully saturated rings. The van der Waals surface area contributed by atoms with Crippen LogP contribution in [0.25, 0.3) is 0 Å². The van der Waals surface area contributed by atoms with E-state index in [0.29, 0.717) is 5.92 Å². The van der Waals surface area contributed by atoms with Crippen molar-refractivity contribution in [2.24, 2.45) is 16.8 Å². The van der Waals surface area contributed by atoms with Gasteiger partial charge in [-0.05, 0) is 38.1 Å². The molecule has 1 aliphatic carbocycles. The van der Waals surface area contributed by atoms with Crippen molar-refractivity contribution in [2.45, 2.75) is 26.2 Å². The van der Waals surface area contributed by atoms with Gasteiger partial charge in [0.2, 0.25) is 0 Å². The third-order valence-corrected chi connectivity index (χ3v) is 4.82. The van der Waals surface area contributed by atoms with Crippen molar-refractivity contribution in [1.82, 2.24) is 20.4 Å². The number of halogens is 1. The van der Waals surface area contributed by atoms with Gasteiger partial charge in [-0.1, -0.05) is 6.92 Å². The Kier molecular flexibility index (Phi) is 12.0. The van der Waals surface area contributed by atoms with Crippen molar-refractivity contribution in [3.63, 3.8) is 0 Å². The predicted octanol–water partition coefficient (Wildman–Crippen LogP) is 1.47. The Bertz CT molecular complexity index is 370. The number of nitrogens with zero attached hydrogens (tertiary/aromatic N) is 3. The average molecular weight is 467 g/mol. The van der Waals surface area contributed by atoms with Crippen LogP contribution < -0.4 is 10.6 Å². The van der Waals surface area contributed by atoms with Gasteiger partial charge in [0.1, 0.15) is 0 Å². The molecule has 1 saturated heterocycles. The molecule has 0 bridgehead atoms. The molecule has 0 amide bonds. The maximum Gasteiger partial charge on any atom is 0.190 e. The van der Waals surface area contributed by atoms with Crippen molar-refractivity contribution in [1.29, 1.82) is 0 Å². The Balaban J connectivity index is 0.00000312. The summed E-state index contributed by atoms with van der Waals surface area (Å²) in [5, 5.41) is 6.82. The van der Waals surface area contributed by atoms with Crippen molar-refractivity contribution in [3.05, 3.63) is 0 Å². The molecular weight excluding hydrogens is 429 g/mol. The fourth-order valence-electron chi connectivity index (χ4n) is 2.94. The van der Waals surface area contributed by atoms with Crippen molar-refractivity contribution < 1.29 is 4.74 Å². The molecule has 1 unspecified atom stereocenters. The van der Waals surface area contributed by atoms with Gasteiger partial charge in [-0.2, -0.15) is 0 Å². The third kappa shape index (κ3) is 10.6. The standard InChI is InChI=1S/C18H37N5O.HI/c1-16(14-23-10-8-22(3)9-11-23)13-21-18(19-2)20-7-4-12-24-15-17-5-6-17;/h16-17H,4-15H2,1-3H3,(H2,19,20,21);1H. The molecule has 2 aliphatic rings. The highest BCUT2D eigenvalue weighted by Crippen LogP contribution is 2.28. The molecule has 0 aromatic rings. The number of hydrogen-bond donors (Lipinski definition) is 2. The van der Waals surface area contributed by atoms with Gasteiger partial charge in [0, 0.05) is 66.1 Å². The fourth-order valence-corrected chi connectivity index (χ4v) is 2.94. The number of likely N-dealkylation sites (N-methyl/N-ethyl adjacent to an activating group) is 1. The number of aliphatic imine (C=N–C) groups is 1. The topological polar surface area (TPSA) is 52.1 Å². The summed E-state index contributed by atoms with van der Waals surface area (Å²) in [6, 6.07) is 0. The zero-order valence-corrected chi connectivity index (χ0v) is 18.6. The SMILES string of the molecule is CN=C(NCCCOCC1CC1)NCC(C)CN1CCN(C)CC1.I. The van der Waals surface area contributed by atoms with Gasteiger partial charge < -0.3 is 25.2 Å². The molecule has 2 rings (SSSR count). The monoisotopic (exact) mass is 467 g/mol. The summed E-state index contributed by atoms with van der Waals surface area (Å²) in [6.45, 7) is 11.9. The minimum atomic E-state index is 0. The van der Waals surface area contributed by atoms with Crippen LogP contribution in [0.2, 0.25) is 0 Å². The maximum absolute atomic E-state index is 5.65. The zero-order chi connectivity index (χ0) is 17.2. The molecule has 0 aromatic carbocycles. The largest absolute Gasteiger partial charge is 0.381 e. The summed E-state index contributed by atoms with van der Waals surface area (Å²) in [5.74, 6) is 2.38. The third-order valence-electron chi connectivity index (χ3n) is 4.82. The van der Waals surface area contributed by atoms with Gasteiger partial charge in [0.15, 0.2) is 5.96 Å². The van der Waals surface area contributed by atoms with E-state index >= 15 is 0 Å². The summed E-state index contributed by atoms with van der Waals surface area (Å²) < 4.78 is 5.65. The first-order valence-electron chi connectivity index (χ1n) is 9.60. The number of guanidine groups is 1. The second kappa shape index (κ2) is 13.1. The second-order valence-electron chi connectivity index (χ2n) is 7.46. The molecule has 25 heavy (non-hydrogen) atoms. The van der Waals surface area contributed by atoms with E-state index in [1.165, 1.54) is 39.0 Å². The highest BCUT2D eigenvalue weighted by molar-refractivity contribution is 14.0. The van der Waals surface area contributed by atoms with Crippen LogP contribution in [0, 0.1) is 11.8 Å². The first-order valence-corrected chi connectivity index (χ1v) is 9.60. The van der Waals surface area contributed by atoms with Crippen molar-refractivity contribution in [3.8, 4) is 0 Å². The molecule has 7 heteroatoms. The van der Waals surface area contributed by atoms with Crippen LogP contribution in [0.15, 0.2) is 4.99 Å². The number of ether oxygens (including phenoxy) is 1. The van der Waals surface area contributed by atoms with Crippen LogP contribution in [0.4, 0.5) is 0 Å². The molecule has 1 saturated carbocycles.